The average Bonchev–Trinajstić information content (AvgIpc) is 2.38. The molecule has 1 aromatic carbocycles. The normalized spacial score (nSPS) is 10.9. The second-order valence-electron chi connectivity index (χ2n) is 4.24. The number of sulfonamides is 1. The second-order valence-corrected chi connectivity index (χ2v) is 5.89. The molecule has 0 bridgehead atoms. The van der Waals surface area contributed by atoms with E-state index in [1.807, 2.05) is 0 Å². The van der Waals surface area contributed by atoms with Crippen LogP contribution in [0.5, 0.6) is 0 Å². The van der Waals surface area contributed by atoms with Gasteiger partial charge in [0.05, 0.1) is 5.69 Å². The van der Waals surface area contributed by atoms with Crippen LogP contribution in [0.3, 0.4) is 0 Å². The predicted octanol–water partition coefficient (Wildman–Crippen LogP) is 1.13. The molecule has 21 heavy (non-hydrogen) atoms. The molecule has 0 saturated carbocycles. The van der Waals surface area contributed by atoms with Crippen LogP contribution < -0.4 is 15.5 Å². The second kappa shape index (κ2) is 5.80. The van der Waals surface area contributed by atoms with Gasteiger partial charge < -0.3 is 10.3 Å². The third kappa shape index (κ3) is 3.69. The molecule has 1 amide bonds. The molecule has 1 aromatic heterocycles. The van der Waals surface area contributed by atoms with Crippen LogP contribution in [0.25, 0.3) is 0 Å². The molecule has 0 saturated heterocycles. The molecule has 0 aliphatic heterocycles. The minimum absolute atomic E-state index is 0.240. The summed E-state index contributed by atoms with van der Waals surface area (Å²) in [6.07, 6.45) is 2.46. The van der Waals surface area contributed by atoms with E-state index in [0.717, 1.165) is 12.3 Å². The van der Waals surface area contributed by atoms with Gasteiger partial charge in [0.25, 0.3) is 10.0 Å². The van der Waals surface area contributed by atoms with Crippen molar-refractivity contribution in [2.45, 2.75) is 11.8 Å². The highest BCUT2D eigenvalue weighted by Crippen LogP contribution is 2.18. The summed E-state index contributed by atoms with van der Waals surface area (Å²) >= 11 is 0. The molecular weight excluding hydrogens is 294 g/mol. The highest BCUT2D eigenvalue weighted by molar-refractivity contribution is 7.92. The Hall–Kier alpha value is -2.61. The maximum absolute atomic E-state index is 12.1. The van der Waals surface area contributed by atoms with Crippen molar-refractivity contribution >= 4 is 27.3 Å². The van der Waals surface area contributed by atoms with Crippen molar-refractivity contribution in [3.05, 3.63) is 52.9 Å². The van der Waals surface area contributed by atoms with E-state index in [1.165, 1.54) is 25.3 Å². The van der Waals surface area contributed by atoms with Gasteiger partial charge in [0.2, 0.25) is 11.3 Å². The molecular formula is C13H13N3O4S. The van der Waals surface area contributed by atoms with Gasteiger partial charge in [-0.05, 0) is 18.2 Å². The van der Waals surface area contributed by atoms with Gasteiger partial charge in [0.1, 0.15) is 0 Å². The molecule has 0 spiro atoms. The van der Waals surface area contributed by atoms with Gasteiger partial charge >= 0.3 is 0 Å². The number of aromatic nitrogens is 1. The van der Waals surface area contributed by atoms with Crippen molar-refractivity contribution in [2.24, 2.45) is 0 Å². The molecule has 3 N–H and O–H groups in total. The average molecular weight is 307 g/mol. The van der Waals surface area contributed by atoms with Crippen molar-refractivity contribution in [1.82, 2.24) is 4.98 Å². The summed E-state index contributed by atoms with van der Waals surface area (Å²) < 4.78 is 26.6. The van der Waals surface area contributed by atoms with Crippen LogP contribution in [0.4, 0.5) is 11.4 Å². The van der Waals surface area contributed by atoms with E-state index in [-0.39, 0.29) is 16.5 Å². The van der Waals surface area contributed by atoms with Gasteiger partial charge in [-0.2, -0.15) is 0 Å². The van der Waals surface area contributed by atoms with Gasteiger partial charge in [-0.3, -0.25) is 14.3 Å². The zero-order chi connectivity index (χ0) is 15.5. The van der Waals surface area contributed by atoms with E-state index < -0.39 is 15.5 Å². The minimum atomic E-state index is -4.00. The fourth-order valence-electron chi connectivity index (χ4n) is 1.68. The lowest BCUT2D eigenvalue weighted by Crippen LogP contribution is -2.21. The van der Waals surface area contributed by atoms with Crippen LogP contribution in [0.1, 0.15) is 6.92 Å². The Morgan fingerprint density at radius 1 is 1.19 bits per heavy atom. The van der Waals surface area contributed by atoms with Crippen LogP contribution in [0.2, 0.25) is 0 Å². The summed E-state index contributed by atoms with van der Waals surface area (Å²) in [5.74, 6) is -0.269. The predicted molar refractivity (Wildman–Crippen MR) is 78.6 cm³/mol. The van der Waals surface area contributed by atoms with E-state index in [0.29, 0.717) is 5.69 Å². The number of hydrogen-bond donors (Lipinski definition) is 3. The molecule has 2 rings (SSSR count). The number of carbonyl (C=O) groups is 1. The molecule has 0 aliphatic rings. The van der Waals surface area contributed by atoms with Crippen LogP contribution in [0.15, 0.2) is 52.4 Å². The first-order valence-corrected chi connectivity index (χ1v) is 7.44. The summed E-state index contributed by atoms with van der Waals surface area (Å²) in [6.45, 7) is 1.35. The number of pyridine rings is 1. The van der Waals surface area contributed by atoms with E-state index in [4.69, 9.17) is 0 Å². The van der Waals surface area contributed by atoms with E-state index >= 15 is 0 Å². The Balaban J connectivity index is 2.31. The van der Waals surface area contributed by atoms with Crippen molar-refractivity contribution < 1.29 is 13.2 Å². The van der Waals surface area contributed by atoms with Crippen molar-refractivity contribution in [2.75, 3.05) is 10.0 Å². The van der Waals surface area contributed by atoms with Crippen molar-refractivity contribution in [3.63, 3.8) is 0 Å². The number of benzene rings is 1. The smallest absolute Gasteiger partial charge is 0.267 e. The maximum atomic E-state index is 12.1. The number of nitrogens with one attached hydrogen (secondary N) is 3. The molecule has 1 heterocycles. The van der Waals surface area contributed by atoms with E-state index in [1.54, 1.807) is 12.1 Å². The van der Waals surface area contributed by atoms with Crippen molar-refractivity contribution in [3.8, 4) is 0 Å². The SMILES string of the molecule is CC(=O)Nc1cccc(NS(=O)(=O)c2c[nH]ccc2=O)c1. The van der Waals surface area contributed by atoms with Crippen molar-refractivity contribution in [1.29, 1.82) is 0 Å². The first kappa shape index (κ1) is 14.8. The molecule has 0 atom stereocenters. The molecule has 0 radical (unpaired) electrons. The monoisotopic (exact) mass is 307 g/mol. The quantitative estimate of drug-likeness (QED) is 0.787. The van der Waals surface area contributed by atoms with Crippen LogP contribution in [-0.2, 0) is 14.8 Å². The number of rotatable bonds is 4. The summed E-state index contributed by atoms with van der Waals surface area (Å²) in [5, 5.41) is 2.54. The summed E-state index contributed by atoms with van der Waals surface area (Å²) in [7, 11) is -4.00. The van der Waals surface area contributed by atoms with E-state index in [2.05, 4.69) is 15.0 Å². The Kier molecular flexibility index (Phi) is 4.08. The molecule has 8 heteroatoms. The number of amides is 1. The molecule has 0 aliphatic carbocycles. The van der Waals surface area contributed by atoms with Crippen LogP contribution >= 0.6 is 0 Å². The van der Waals surface area contributed by atoms with Gasteiger partial charge in [-0.1, -0.05) is 6.07 Å². The molecule has 7 nitrogen and oxygen atoms in total. The maximum Gasteiger partial charge on any atom is 0.267 e. The lowest BCUT2D eigenvalue weighted by Gasteiger charge is -2.09. The number of aromatic amines is 1. The Bertz CT molecular complexity index is 827. The Morgan fingerprint density at radius 3 is 2.57 bits per heavy atom. The highest BCUT2D eigenvalue weighted by Gasteiger charge is 2.17. The molecule has 0 unspecified atom stereocenters. The largest absolute Gasteiger partial charge is 0.366 e. The van der Waals surface area contributed by atoms with E-state index in [9.17, 15) is 18.0 Å². The van der Waals surface area contributed by atoms with Gasteiger partial charge in [0, 0.05) is 31.1 Å². The zero-order valence-electron chi connectivity index (χ0n) is 11.1. The summed E-state index contributed by atoms with van der Waals surface area (Å²) in [6, 6.07) is 7.30. The minimum Gasteiger partial charge on any atom is -0.366 e. The number of anilines is 2. The molecule has 2 aromatic rings. The summed E-state index contributed by atoms with van der Waals surface area (Å²) in [5.41, 5.74) is 0.0773. The topological polar surface area (TPSA) is 108 Å². The standard InChI is InChI=1S/C13H13N3O4S/c1-9(17)15-10-3-2-4-11(7-10)16-21(19,20)13-8-14-6-5-12(13)18/h2-8,16H,1H3,(H,14,18)(H,15,17). The summed E-state index contributed by atoms with van der Waals surface area (Å²) in [4.78, 5) is 24.7. The van der Waals surface area contributed by atoms with Crippen LogP contribution in [-0.4, -0.2) is 19.3 Å². The first-order chi connectivity index (χ1) is 9.88. The number of hydrogen-bond acceptors (Lipinski definition) is 4. The van der Waals surface area contributed by atoms with Gasteiger partial charge in [-0.15, -0.1) is 0 Å². The Morgan fingerprint density at radius 2 is 1.90 bits per heavy atom. The third-order valence-corrected chi connectivity index (χ3v) is 3.92. The number of carbonyl (C=O) groups excluding carboxylic acids is 1. The van der Waals surface area contributed by atoms with Crippen LogP contribution in [0, 0.1) is 0 Å². The molecule has 0 fully saturated rings. The fraction of sp³-hybridized carbons (Fsp3) is 0.0769. The fourth-order valence-corrected chi connectivity index (χ4v) is 2.79. The lowest BCUT2D eigenvalue weighted by molar-refractivity contribution is -0.114. The number of H-pyrrole nitrogens is 1. The lowest BCUT2D eigenvalue weighted by atomic mass is 10.3. The Labute approximate surface area is 121 Å². The zero-order valence-corrected chi connectivity index (χ0v) is 11.9. The third-order valence-electron chi connectivity index (χ3n) is 2.51. The van der Waals surface area contributed by atoms with Gasteiger partial charge in [-0.25, -0.2) is 8.42 Å². The first-order valence-electron chi connectivity index (χ1n) is 5.96. The molecule has 110 valence electrons. The highest BCUT2D eigenvalue weighted by atomic mass is 32.2. The van der Waals surface area contributed by atoms with Gasteiger partial charge in [0.15, 0.2) is 4.90 Å².